The van der Waals surface area contributed by atoms with E-state index >= 15 is 0 Å². The van der Waals surface area contributed by atoms with Crippen molar-refractivity contribution in [1.29, 1.82) is 0 Å². The first-order valence-electron chi connectivity index (χ1n) is 8.56. The zero-order valence-electron chi connectivity index (χ0n) is 15.0. The van der Waals surface area contributed by atoms with Crippen LogP contribution >= 0.6 is 0 Å². The summed E-state index contributed by atoms with van der Waals surface area (Å²) in [5.74, 6) is -0.348. The number of benzene rings is 1. The van der Waals surface area contributed by atoms with Gasteiger partial charge in [-0.25, -0.2) is 8.78 Å². The van der Waals surface area contributed by atoms with Crippen molar-refractivity contribution in [3.8, 4) is 0 Å². The first kappa shape index (κ1) is 18.3. The van der Waals surface area contributed by atoms with Crippen LogP contribution in [0, 0.1) is 11.6 Å². The van der Waals surface area contributed by atoms with E-state index in [2.05, 4.69) is 20.3 Å². The molecule has 1 N–H and O–H groups in total. The summed E-state index contributed by atoms with van der Waals surface area (Å²) in [6, 6.07) is 3.65. The van der Waals surface area contributed by atoms with E-state index in [0.29, 0.717) is 31.7 Å². The highest BCUT2D eigenvalue weighted by Gasteiger charge is 2.25. The fourth-order valence-corrected chi connectivity index (χ4v) is 3.02. The molecule has 1 aromatic heterocycles. The molecule has 8 heteroatoms. The van der Waals surface area contributed by atoms with E-state index in [1.165, 1.54) is 12.1 Å². The van der Waals surface area contributed by atoms with Gasteiger partial charge >= 0.3 is 0 Å². The standard InChI is InChI=1S/C18H23F2N5O/c1-21-18(22-6-5-13-3-4-15(19)9-16(13)20)25-7-8-26-17(12-25)14-10-23-24(2)11-14/h3-4,9-11,17H,5-8,12H2,1-2H3,(H,21,22). The summed E-state index contributed by atoms with van der Waals surface area (Å²) in [6.45, 7) is 2.48. The average Bonchev–Trinajstić information content (AvgIpc) is 3.07. The molecule has 0 radical (unpaired) electrons. The van der Waals surface area contributed by atoms with E-state index in [-0.39, 0.29) is 6.10 Å². The van der Waals surface area contributed by atoms with Gasteiger partial charge in [-0.1, -0.05) is 6.07 Å². The van der Waals surface area contributed by atoms with Crippen LogP contribution in [0.5, 0.6) is 0 Å². The lowest BCUT2D eigenvalue weighted by molar-refractivity contribution is -0.00800. The van der Waals surface area contributed by atoms with Gasteiger partial charge in [0.25, 0.3) is 0 Å². The molecule has 0 aliphatic carbocycles. The molecule has 0 amide bonds. The molecule has 2 aromatic rings. The molecule has 0 spiro atoms. The molecule has 3 rings (SSSR count). The summed E-state index contributed by atoms with van der Waals surface area (Å²) < 4.78 is 34.3. The van der Waals surface area contributed by atoms with Gasteiger partial charge in [-0.15, -0.1) is 0 Å². The number of aromatic nitrogens is 2. The van der Waals surface area contributed by atoms with Gasteiger partial charge in [-0.3, -0.25) is 9.67 Å². The van der Waals surface area contributed by atoms with E-state index in [1.807, 2.05) is 19.4 Å². The van der Waals surface area contributed by atoms with Gasteiger partial charge in [0.2, 0.25) is 0 Å². The van der Waals surface area contributed by atoms with E-state index in [4.69, 9.17) is 4.74 Å². The predicted octanol–water partition coefficient (Wildman–Crippen LogP) is 1.89. The molecule has 1 aliphatic heterocycles. The molecule has 1 atom stereocenters. The Morgan fingerprint density at radius 3 is 2.96 bits per heavy atom. The smallest absolute Gasteiger partial charge is 0.193 e. The van der Waals surface area contributed by atoms with Gasteiger partial charge in [0.05, 0.1) is 19.3 Å². The lowest BCUT2D eigenvalue weighted by Gasteiger charge is -2.34. The Labute approximate surface area is 151 Å². The molecular formula is C18H23F2N5O. The number of aliphatic imine (C=N–C) groups is 1. The summed E-state index contributed by atoms with van der Waals surface area (Å²) >= 11 is 0. The van der Waals surface area contributed by atoms with Gasteiger partial charge < -0.3 is 15.0 Å². The van der Waals surface area contributed by atoms with Crippen LogP contribution in [-0.4, -0.2) is 53.9 Å². The van der Waals surface area contributed by atoms with Crippen molar-refractivity contribution in [1.82, 2.24) is 20.0 Å². The molecule has 0 bridgehead atoms. The first-order chi connectivity index (χ1) is 12.6. The van der Waals surface area contributed by atoms with E-state index in [1.54, 1.807) is 11.7 Å². The third-order valence-corrected chi connectivity index (χ3v) is 4.37. The SMILES string of the molecule is CN=C(NCCc1ccc(F)cc1F)N1CCOC(c2cnn(C)c2)C1. The number of rotatable bonds is 4. The lowest BCUT2D eigenvalue weighted by atomic mass is 10.1. The van der Waals surface area contributed by atoms with E-state index in [0.717, 1.165) is 24.1 Å². The number of halogens is 2. The molecule has 0 saturated carbocycles. The zero-order valence-corrected chi connectivity index (χ0v) is 15.0. The summed E-state index contributed by atoms with van der Waals surface area (Å²) in [6.07, 6.45) is 4.13. The third kappa shape index (κ3) is 4.37. The van der Waals surface area contributed by atoms with Gasteiger partial charge in [-0.05, 0) is 18.1 Å². The monoisotopic (exact) mass is 363 g/mol. The highest BCUT2D eigenvalue weighted by molar-refractivity contribution is 5.80. The molecule has 140 valence electrons. The van der Waals surface area contributed by atoms with Crippen LogP contribution in [0.2, 0.25) is 0 Å². The first-order valence-corrected chi connectivity index (χ1v) is 8.56. The normalized spacial score (nSPS) is 18.2. The van der Waals surface area contributed by atoms with Crippen molar-refractivity contribution in [3.63, 3.8) is 0 Å². The summed E-state index contributed by atoms with van der Waals surface area (Å²) in [5, 5.41) is 7.44. The second-order valence-corrected chi connectivity index (χ2v) is 6.21. The van der Waals surface area contributed by atoms with Crippen LogP contribution in [0.4, 0.5) is 8.78 Å². The fraction of sp³-hybridized carbons (Fsp3) is 0.444. The molecule has 1 aromatic carbocycles. The molecule has 6 nitrogen and oxygen atoms in total. The molecule has 1 fully saturated rings. The van der Waals surface area contributed by atoms with Crippen molar-refractivity contribution in [2.75, 3.05) is 33.3 Å². The minimum absolute atomic E-state index is 0.0643. The highest BCUT2D eigenvalue weighted by Crippen LogP contribution is 2.21. The molecule has 26 heavy (non-hydrogen) atoms. The van der Waals surface area contributed by atoms with Gasteiger partial charge in [0.15, 0.2) is 5.96 Å². The van der Waals surface area contributed by atoms with Gasteiger partial charge in [0.1, 0.15) is 17.7 Å². The number of hydrogen-bond donors (Lipinski definition) is 1. The largest absolute Gasteiger partial charge is 0.370 e. The van der Waals surface area contributed by atoms with Crippen LogP contribution in [-0.2, 0) is 18.2 Å². The number of ether oxygens (including phenoxy) is 1. The zero-order chi connectivity index (χ0) is 18.5. The molecule has 1 unspecified atom stereocenters. The summed E-state index contributed by atoms with van der Waals surface area (Å²) in [7, 11) is 3.59. The minimum atomic E-state index is -0.565. The summed E-state index contributed by atoms with van der Waals surface area (Å²) in [5.41, 5.74) is 1.51. The predicted molar refractivity (Wildman–Crippen MR) is 94.9 cm³/mol. The number of morpholine rings is 1. The fourth-order valence-electron chi connectivity index (χ4n) is 3.02. The maximum Gasteiger partial charge on any atom is 0.193 e. The maximum absolute atomic E-state index is 13.7. The number of nitrogens with zero attached hydrogens (tertiary/aromatic N) is 4. The topological polar surface area (TPSA) is 54.7 Å². The Hall–Kier alpha value is -2.48. The Morgan fingerprint density at radius 2 is 2.27 bits per heavy atom. The van der Waals surface area contributed by atoms with Crippen molar-refractivity contribution in [2.24, 2.45) is 12.0 Å². The van der Waals surface area contributed by atoms with Crippen molar-refractivity contribution in [3.05, 3.63) is 53.4 Å². The quantitative estimate of drug-likeness (QED) is 0.666. The third-order valence-electron chi connectivity index (χ3n) is 4.37. The number of hydrogen-bond acceptors (Lipinski definition) is 3. The summed E-state index contributed by atoms with van der Waals surface area (Å²) in [4.78, 5) is 6.43. The minimum Gasteiger partial charge on any atom is -0.370 e. The Balaban J connectivity index is 1.56. The number of nitrogens with one attached hydrogen (secondary N) is 1. The molecule has 1 aliphatic rings. The maximum atomic E-state index is 13.7. The van der Waals surface area contributed by atoms with Crippen LogP contribution in [0.3, 0.4) is 0 Å². The number of aryl methyl sites for hydroxylation is 1. The van der Waals surface area contributed by atoms with Gasteiger partial charge in [0, 0.05) is 45.0 Å². The van der Waals surface area contributed by atoms with Gasteiger partial charge in [-0.2, -0.15) is 5.10 Å². The highest BCUT2D eigenvalue weighted by atomic mass is 19.1. The Kier molecular flexibility index (Phi) is 5.82. The number of guanidine groups is 1. The second-order valence-electron chi connectivity index (χ2n) is 6.21. The van der Waals surface area contributed by atoms with Crippen molar-refractivity contribution in [2.45, 2.75) is 12.5 Å². The molecule has 2 heterocycles. The van der Waals surface area contributed by atoms with Crippen LogP contribution in [0.25, 0.3) is 0 Å². The van der Waals surface area contributed by atoms with Crippen molar-refractivity contribution >= 4 is 5.96 Å². The van der Waals surface area contributed by atoms with E-state index < -0.39 is 11.6 Å². The average molecular weight is 363 g/mol. The Bertz CT molecular complexity index is 777. The molecule has 1 saturated heterocycles. The van der Waals surface area contributed by atoms with E-state index in [9.17, 15) is 8.78 Å². The molecular weight excluding hydrogens is 340 g/mol. The Morgan fingerprint density at radius 1 is 1.42 bits per heavy atom. The second kappa shape index (κ2) is 8.27. The van der Waals surface area contributed by atoms with Crippen LogP contribution in [0.1, 0.15) is 17.2 Å². The lowest BCUT2D eigenvalue weighted by Crippen LogP contribution is -2.48. The van der Waals surface area contributed by atoms with Crippen molar-refractivity contribution < 1.29 is 13.5 Å². The van der Waals surface area contributed by atoms with Crippen LogP contribution in [0.15, 0.2) is 35.6 Å². The van der Waals surface area contributed by atoms with Crippen LogP contribution < -0.4 is 5.32 Å².